The lowest BCUT2D eigenvalue weighted by Crippen LogP contribution is -1.87. The van der Waals surface area contributed by atoms with Crippen LogP contribution in [0, 0.1) is 34.0 Å². The van der Waals surface area contributed by atoms with Gasteiger partial charge in [-0.15, -0.1) is 11.3 Å². The van der Waals surface area contributed by atoms with Crippen molar-refractivity contribution in [1.82, 2.24) is 4.98 Å². The number of furan rings is 2. The molecule has 6 nitrogen and oxygen atoms in total. The lowest BCUT2D eigenvalue weighted by atomic mass is 9.94. The Hall–Kier alpha value is -8.28. The van der Waals surface area contributed by atoms with E-state index in [1.807, 2.05) is 42.5 Å². The van der Waals surface area contributed by atoms with E-state index in [4.69, 9.17) is 13.8 Å². The van der Waals surface area contributed by atoms with Gasteiger partial charge in [0, 0.05) is 27.1 Å². The summed E-state index contributed by atoms with van der Waals surface area (Å²) >= 11 is 1.58. The molecule has 7 heteroatoms. The van der Waals surface area contributed by atoms with Crippen LogP contribution in [-0.2, 0) is 0 Å². The molecule has 3 aromatic heterocycles. The third-order valence-corrected chi connectivity index (χ3v) is 12.1. The summed E-state index contributed by atoms with van der Waals surface area (Å²) in [6.07, 6.45) is 0. The predicted octanol–water partition coefficient (Wildman–Crippen LogP) is 14.0. The Balaban J connectivity index is 0.961. The molecule has 0 atom stereocenters. The Labute approximate surface area is 341 Å². The Kier molecular flexibility index (Phi) is 7.74. The quantitative estimate of drug-likeness (QED) is 0.172. The fourth-order valence-electron chi connectivity index (χ4n) is 7.96. The summed E-state index contributed by atoms with van der Waals surface area (Å²) in [5.41, 5.74) is 15.0. The van der Waals surface area contributed by atoms with E-state index in [1.165, 1.54) is 0 Å². The van der Waals surface area contributed by atoms with Gasteiger partial charge in [0.15, 0.2) is 0 Å². The van der Waals surface area contributed by atoms with Crippen LogP contribution in [0.1, 0.15) is 16.7 Å². The summed E-state index contributed by atoms with van der Waals surface area (Å²) in [5, 5.41) is 33.1. The molecule has 8 aromatic carbocycles. The zero-order valence-corrected chi connectivity index (χ0v) is 31.8. The molecule has 0 unspecified atom stereocenters. The number of hydrogen-bond acceptors (Lipinski definition) is 7. The van der Waals surface area contributed by atoms with Gasteiger partial charge in [-0.05, 0) is 142 Å². The van der Waals surface area contributed by atoms with Gasteiger partial charge in [-0.25, -0.2) is 4.98 Å². The molecule has 0 saturated heterocycles. The number of aromatic nitrogens is 1. The van der Waals surface area contributed by atoms with Gasteiger partial charge < -0.3 is 8.83 Å². The summed E-state index contributed by atoms with van der Waals surface area (Å²) in [6, 6.07) is 59.6. The number of rotatable bonds is 5. The van der Waals surface area contributed by atoms with E-state index in [2.05, 4.69) is 121 Å². The number of nitriles is 3. The van der Waals surface area contributed by atoms with Crippen LogP contribution in [0.3, 0.4) is 0 Å². The molecule has 0 fully saturated rings. The average Bonchev–Trinajstić information content (AvgIpc) is 4.00. The molecule has 0 aliphatic carbocycles. The molecular formula is C52H26N4O2S. The molecule has 272 valence electrons. The van der Waals surface area contributed by atoms with E-state index in [1.54, 1.807) is 23.5 Å². The van der Waals surface area contributed by atoms with E-state index in [9.17, 15) is 15.8 Å². The van der Waals surface area contributed by atoms with Crippen molar-refractivity contribution in [2.45, 2.75) is 0 Å². The first kappa shape index (κ1) is 34.0. The molecule has 3 heterocycles. The van der Waals surface area contributed by atoms with Gasteiger partial charge in [-0.2, -0.15) is 15.8 Å². The standard InChI is InChI=1S/C52H26N4O2S/c53-27-30-1-14-42-44-16-12-37(25-49(44)57-47(42)19-30)33-4-8-35(9-5-33)39-22-40(24-41(23-39)52-56-46-18-3-32(29-55)21-51(46)59-52)36-10-6-34(7-11-36)38-13-17-45-43-15-2-31(28-54)20-48(43)58-50(45)26-38/h1-26H. The van der Waals surface area contributed by atoms with E-state index in [-0.39, 0.29) is 0 Å². The molecule has 0 bridgehead atoms. The minimum absolute atomic E-state index is 0.572. The average molecular weight is 771 g/mol. The first-order valence-electron chi connectivity index (χ1n) is 18.9. The Bertz CT molecular complexity index is 3450. The van der Waals surface area contributed by atoms with Gasteiger partial charge in [-0.1, -0.05) is 60.7 Å². The number of benzene rings is 8. The zero-order valence-electron chi connectivity index (χ0n) is 31.0. The Morgan fingerprint density at radius 1 is 0.356 bits per heavy atom. The Morgan fingerprint density at radius 3 is 1.20 bits per heavy atom. The van der Waals surface area contributed by atoms with Crippen molar-refractivity contribution < 1.29 is 8.83 Å². The molecule has 0 aliphatic rings. The van der Waals surface area contributed by atoms with E-state index < -0.39 is 0 Å². The fraction of sp³-hybridized carbons (Fsp3) is 0. The number of fused-ring (bicyclic) bond motifs is 7. The Morgan fingerprint density at radius 2 is 0.729 bits per heavy atom. The topological polar surface area (TPSA) is 111 Å². The normalized spacial score (nSPS) is 11.3. The SMILES string of the molecule is N#Cc1ccc2c(c1)oc1cc(-c3ccc(-c4cc(-c5ccc(-c6ccc7c(c6)oc6cc(C#N)ccc67)cc5)cc(-c5nc6ccc(C#N)cc6s5)c4)cc3)ccc12. The van der Waals surface area contributed by atoms with Crippen molar-refractivity contribution in [3.63, 3.8) is 0 Å². The number of hydrogen-bond donors (Lipinski definition) is 0. The van der Waals surface area contributed by atoms with Crippen LogP contribution in [0.25, 0.3) is 109 Å². The van der Waals surface area contributed by atoms with Crippen LogP contribution in [-0.4, -0.2) is 4.98 Å². The highest BCUT2D eigenvalue weighted by atomic mass is 32.1. The van der Waals surface area contributed by atoms with Crippen molar-refractivity contribution >= 4 is 65.4 Å². The molecule has 0 spiro atoms. The van der Waals surface area contributed by atoms with Crippen LogP contribution in [0.5, 0.6) is 0 Å². The molecule has 0 amide bonds. The molecule has 0 aliphatic heterocycles. The van der Waals surface area contributed by atoms with E-state index in [0.717, 1.165) is 98.0 Å². The minimum atomic E-state index is 0.572. The molecule has 0 saturated carbocycles. The summed E-state index contributed by atoms with van der Waals surface area (Å²) in [5.74, 6) is 0. The number of thiazole rings is 1. The maximum Gasteiger partial charge on any atom is 0.136 e. The lowest BCUT2D eigenvalue weighted by Gasteiger charge is -2.11. The smallest absolute Gasteiger partial charge is 0.136 e. The lowest BCUT2D eigenvalue weighted by molar-refractivity contribution is 0.668. The monoisotopic (exact) mass is 770 g/mol. The second-order valence-corrected chi connectivity index (χ2v) is 15.6. The summed E-state index contributed by atoms with van der Waals surface area (Å²) < 4.78 is 13.3. The highest BCUT2D eigenvalue weighted by Crippen LogP contribution is 2.39. The number of nitrogens with zero attached hydrogens (tertiary/aromatic N) is 4. The maximum absolute atomic E-state index is 9.52. The van der Waals surface area contributed by atoms with Crippen LogP contribution in [0.2, 0.25) is 0 Å². The van der Waals surface area contributed by atoms with Gasteiger partial charge >= 0.3 is 0 Å². The van der Waals surface area contributed by atoms with Crippen molar-refractivity contribution in [3.05, 3.63) is 174 Å². The maximum atomic E-state index is 9.52. The molecule has 11 aromatic rings. The highest BCUT2D eigenvalue weighted by Gasteiger charge is 2.15. The van der Waals surface area contributed by atoms with E-state index in [0.29, 0.717) is 27.9 Å². The molecule has 0 radical (unpaired) electrons. The largest absolute Gasteiger partial charge is 0.456 e. The summed E-state index contributed by atoms with van der Waals surface area (Å²) in [7, 11) is 0. The highest BCUT2D eigenvalue weighted by molar-refractivity contribution is 7.21. The molecule has 11 rings (SSSR count). The van der Waals surface area contributed by atoms with Crippen molar-refractivity contribution in [2.75, 3.05) is 0 Å². The second kappa shape index (κ2) is 13.4. The van der Waals surface area contributed by atoms with Crippen LogP contribution >= 0.6 is 11.3 Å². The third-order valence-electron chi connectivity index (χ3n) is 11.0. The summed E-state index contributed by atoms with van der Waals surface area (Å²) in [4.78, 5) is 5.00. The van der Waals surface area contributed by atoms with Crippen LogP contribution < -0.4 is 0 Å². The fourth-order valence-corrected chi connectivity index (χ4v) is 8.96. The molecule has 0 N–H and O–H groups in total. The minimum Gasteiger partial charge on any atom is -0.456 e. The van der Waals surface area contributed by atoms with Crippen molar-refractivity contribution in [3.8, 4) is 73.3 Å². The van der Waals surface area contributed by atoms with Crippen LogP contribution in [0.15, 0.2) is 167 Å². The summed E-state index contributed by atoms with van der Waals surface area (Å²) in [6.45, 7) is 0. The van der Waals surface area contributed by atoms with Gasteiger partial charge in [0.1, 0.15) is 27.3 Å². The first-order valence-corrected chi connectivity index (χ1v) is 19.7. The van der Waals surface area contributed by atoms with Crippen LogP contribution in [0.4, 0.5) is 0 Å². The van der Waals surface area contributed by atoms with Gasteiger partial charge in [0.2, 0.25) is 0 Å². The van der Waals surface area contributed by atoms with E-state index >= 15 is 0 Å². The van der Waals surface area contributed by atoms with Gasteiger partial charge in [0.25, 0.3) is 0 Å². The molecule has 59 heavy (non-hydrogen) atoms. The third kappa shape index (κ3) is 5.88. The first-order chi connectivity index (χ1) is 29.0. The predicted molar refractivity (Wildman–Crippen MR) is 236 cm³/mol. The van der Waals surface area contributed by atoms with Crippen molar-refractivity contribution in [2.24, 2.45) is 0 Å². The van der Waals surface area contributed by atoms with Gasteiger partial charge in [-0.3, -0.25) is 0 Å². The molecular weight excluding hydrogens is 745 g/mol. The van der Waals surface area contributed by atoms with Gasteiger partial charge in [0.05, 0.1) is 45.1 Å². The second-order valence-electron chi connectivity index (χ2n) is 14.5. The zero-order chi connectivity index (χ0) is 39.6. The van der Waals surface area contributed by atoms with Crippen molar-refractivity contribution in [1.29, 1.82) is 15.8 Å².